The van der Waals surface area contributed by atoms with Gasteiger partial charge in [0.15, 0.2) is 5.89 Å². The lowest BCUT2D eigenvalue weighted by Crippen LogP contribution is -2.08. The van der Waals surface area contributed by atoms with E-state index in [2.05, 4.69) is 12.2 Å². The van der Waals surface area contributed by atoms with Crippen molar-refractivity contribution in [3.05, 3.63) is 17.3 Å². The van der Waals surface area contributed by atoms with E-state index in [0.29, 0.717) is 11.8 Å². The summed E-state index contributed by atoms with van der Waals surface area (Å²) in [6, 6.07) is 0. The molecule has 0 bridgehead atoms. The van der Waals surface area contributed by atoms with E-state index in [4.69, 9.17) is 9.40 Å². The van der Waals surface area contributed by atoms with E-state index in [1.165, 1.54) is 25.0 Å². The summed E-state index contributed by atoms with van der Waals surface area (Å²) in [5.74, 6) is 3.35. The molecule has 3 heteroatoms. The SMILES string of the molecule is CCc1oc(C2CCNC2)nc1C1CC1. The molecular formula is C12H18N2O. The van der Waals surface area contributed by atoms with Crippen LogP contribution in [0.2, 0.25) is 0 Å². The summed E-state index contributed by atoms with van der Waals surface area (Å²) < 4.78 is 5.90. The van der Waals surface area contributed by atoms with Crippen LogP contribution in [0.4, 0.5) is 0 Å². The molecule has 0 spiro atoms. The van der Waals surface area contributed by atoms with Gasteiger partial charge in [-0.3, -0.25) is 0 Å². The zero-order valence-corrected chi connectivity index (χ0v) is 9.25. The number of aromatic nitrogens is 1. The first-order chi connectivity index (χ1) is 7.38. The Kier molecular flexibility index (Phi) is 2.28. The van der Waals surface area contributed by atoms with Gasteiger partial charge >= 0.3 is 0 Å². The van der Waals surface area contributed by atoms with Gasteiger partial charge in [-0.2, -0.15) is 0 Å². The van der Waals surface area contributed by atoms with Crippen LogP contribution in [0, 0.1) is 0 Å². The number of hydrogen-bond donors (Lipinski definition) is 1. The van der Waals surface area contributed by atoms with Crippen molar-refractivity contribution >= 4 is 0 Å². The highest BCUT2D eigenvalue weighted by atomic mass is 16.4. The quantitative estimate of drug-likeness (QED) is 0.823. The molecule has 1 aromatic heterocycles. The highest BCUT2D eigenvalue weighted by Crippen LogP contribution is 2.42. The van der Waals surface area contributed by atoms with Crippen molar-refractivity contribution in [1.29, 1.82) is 0 Å². The van der Waals surface area contributed by atoms with Gasteiger partial charge in [-0.25, -0.2) is 4.98 Å². The van der Waals surface area contributed by atoms with E-state index in [-0.39, 0.29) is 0 Å². The first kappa shape index (κ1) is 9.40. The molecule has 0 amide bonds. The molecule has 82 valence electrons. The maximum atomic E-state index is 5.90. The van der Waals surface area contributed by atoms with E-state index in [9.17, 15) is 0 Å². The third-order valence-corrected chi connectivity index (χ3v) is 3.44. The van der Waals surface area contributed by atoms with Crippen molar-refractivity contribution in [2.45, 2.75) is 44.4 Å². The summed E-state index contributed by atoms with van der Waals surface area (Å²) >= 11 is 0. The average molecular weight is 206 g/mol. The van der Waals surface area contributed by atoms with Crippen LogP contribution in [-0.2, 0) is 6.42 Å². The molecule has 1 saturated heterocycles. The van der Waals surface area contributed by atoms with Crippen LogP contribution in [0.15, 0.2) is 4.42 Å². The maximum absolute atomic E-state index is 5.90. The Labute approximate surface area is 90.3 Å². The first-order valence-corrected chi connectivity index (χ1v) is 6.08. The number of hydrogen-bond acceptors (Lipinski definition) is 3. The van der Waals surface area contributed by atoms with Crippen LogP contribution in [0.3, 0.4) is 0 Å². The van der Waals surface area contributed by atoms with E-state index in [0.717, 1.165) is 31.2 Å². The molecule has 1 aliphatic heterocycles. The van der Waals surface area contributed by atoms with Gasteiger partial charge in [0.2, 0.25) is 0 Å². The van der Waals surface area contributed by atoms with Crippen LogP contribution in [0.1, 0.15) is 55.4 Å². The van der Waals surface area contributed by atoms with Crippen LogP contribution < -0.4 is 5.32 Å². The van der Waals surface area contributed by atoms with E-state index >= 15 is 0 Å². The Morgan fingerprint density at radius 3 is 2.80 bits per heavy atom. The molecule has 2 heterocycles. The molecule has 1 aliphatic carbocycles. The van der Waals surface area contributed by atoms with Gasteiger partial charge in [-0.15, -0.1) is 0 Å². The number of oxazole rings is 1. The normalized spacial score (nSPS) is 26.1. The zero-order valence-electron chi connectivity index (χ0n) is 9.25. The fraction of sp³-hybridized carbons (Fsp3) is 0.750. The summed E-state index contributed by atoms with van der Waals surface area (Å²) in [6.45, 7) is 4.30. The van der Waals surface area contributed by atoms with Gasteiger partial charge in [0.25, 0.3) is 0 Å². The second kappa shape index (κ2) is 3.63. The Bertz CT molecular complexity index is 349. The zero-order chi connectivity index (χ0) is 10.3. The minimum atomic E-state index is 0.516. The van der Waals surface area contributed by atoms with Gasteiger partial charge in [0.05, 0.1) is 5.69 Å². The Balaban J connectivity index is 1.88. The number of aryl methyl sites for hydroxylation is 1. The van der Waals surface area contributed by atoms with E-state index in [1.54, 1.807) is 0 Å². The van der Waals surface area contributed by atoms with E-state index < -0.39 is 0 Å². The number of nitrogens with one attached hydrogen (secondary N) is 1. The summed E-state index contributed by atoms with van der Waals surface area (Å²) in [5, 5.41) is 3.36. The van der Waals surface area contributed by atoms with Gasteiger partial charge in [0, 0.05) is 24.8 Å². The molecule has 3 rings (SSSR count). The minimum Gasteiger partial charge on any atom is -0.445 e. The smallest absolute Gasteiger partial charge is 0.199 e. The molecule has 1 unspecified atom stereocenters. The maximum Gasteiger partial charge on any atom is 0.199 e. The van der Waals surface area contributed by atoms with Gasteiger partial charge < -0.3 is 9.73 Å². The van der Waals surface area contributed by atoms with Gasteiger partial charge in [-0.05, 0) is 25.8 Å². The first-order valence-electron chi connectivity index (χ1n) is 6.08. The summed E-state index contributed by atoms with van der Waals surface area (Å²) in [4.78, 5) is 4.72. The van der Waals surface area contributed by atoms with Crippen molar-refractivity contribution in [2.24, 2.45) is 0 Å². The largest absolute Gasteiger partial charge is 0.445 e. The molecule has 2 aliphatic rings. The molecule has 0 aromatic carbocycles. The van der Waals surface area contributed by atoms with Crippen LogP contribution in [0.5, 0.6) is 0 Å². The van der Waals surface area contributed by atoms with Gasteiger partial charge in [-0.1, -0.05) is 6.92 Å². The summed E-state index contributed by atoms with van der Waals surface area (Å²) in [5.41, 5.74) is 1.26. The van der Waals surface area contributed by atoms with Crippen molar-refractivity contribution in [3.63, 3.8) is 0 Å². The second-order valence-electron chi connectivity index (χ2n) is 4.68. The van der Waals surface area contributed by atoms with Crippen molar-refractivity contribution < 1.29 is 4.42 Å². The van der Waals surface area contributed by atoms with Crippen molar-refractivity contribution in [3.8, 4) is 0 Å². The number of nitrogens with zero attached hydrogens (tertiary/aromatic N) is 1. The monoisotopic (exact) mass is 206 g/mol. The molecule has 1 saturated carbocycles. The second-order valence-corrected chi connectivity index (χ2v) is 4.68. The predicted molar refractivity (Wildman–Crippen MR) is 58.1 cm³/mol. The third-order valence-electron chi connectivity index (χ3n) is 3.44. The predicted octanol–water partition coefficient (Wildman–Crippen LogP) is 2.19. The topological polar surface area (TPSA) is 38.1 Å². The molecular weight excluding hydrogens is 188 g/mol. The molecule has 15 heavy (non-hydrogen) atoms. The lowest BCUT2D eigenvalue weighted by atomic mass is 10.1. The standard InChI is InChI=1S/C12H18N2O/c1-2-10-11(8-3-4-8)14-12(15-10)9-5-6-13-7-9/h8-9,13H,2-7H2,1H3. The highest BCUT2D eigenvalue weighted by molar-refractivity contribution is 5.21. The average Bonchev–Trinajstić information content (AvgIpc) is 2.83. The fourth-order valence-corrected chi connectivity index (χ4v) is 2.35. The van der Waals surface area contributed by atoms with Crippen molar-refractivity contribution in [1.82, 2.24) is 10.3 Å². The molecule has 0 radical (unpaired) electrons. The van der Waals surface area contributed by atoms with Gasteiger partial charge in [0.1, 0.15) is 5.76 Å². The summed E-state index contributed by atoms with van der Waals surface area (Å²) in [7, 11) is 0. The minimum absolute atomic E-state index is 0.516. The Hall–Kier alpha value is -0.830. The van der Waals surface area contributed by atoms with Crippen LogP contribution in [-0.4, -0.2) is 18.1 Å². The van der Waals surface area contributed by atoms with Crippen LogP contribution in [0.25, 0.3) is 0 Å². The lowest BCUT2D eigenvalue weighted by molar-refractivity contribution is 0.428. The van der Waals surface area contributed by atoms with Crippen molar-refractivity contribution in [2.75, 3.05) is 13.1 Å². The molecule has 1 aromatic rings. The molecule has 1 atom stereocenters. The number of rotatable bonds is 3. The molecule has 3 nitrogen and oxygen atoms in total. The Morgan fingerprint density at radius 1 is 1.33 bits per heavy atom. The third kappa shape index (κ3) is 1.69. The fourth-order valence-electron chi connectivity index (χ4n) is 2.35. The summed E-state index contributed by atoms with van der Waals surface area (Å²) in [6.07, 6.45) is 4.77. The van der Waals surface area contributed by atoms with E-state index in [1.807, 2.05) is 0 Å². The van der Waals surface area contributed by atoms with Crippen LogP contribution >= 0.6 is 0 Å². The highest BCUT2D eigenvalue weighted by Gasteiger charge is 2.32. The Morgan fingerprint density at radius 2 is 2.20 bits per heavy atom. The molecule has 2 fully saturated rings. The molecule has 1 N–H and O–H groups in total. The lowest BCUT2D eigenvalue weighted by Gasteiger charge is -2.00.